The van der Waals surface area contributed by atoms with Gasteiger partial charge in [-0.25, -0.2) is 4.98 Å². The molecule has 0 radical (unpaired) electrons. The Hall–Kier alpha value is -0.390. The number of hydrogen-bond donors (Lipinski definition) is 2. The number of thioether (sulfide) groups is 2. The van der Waals surface area contributed by atoms with Crippen LogP contribution in [0.15, 0.2) is 12.3 Å². The van der Waals surface area contributed by atoms with E-state index in [1.807, 2.05) is 29.6 Å². The van der Waals surface area contributed by atoms with E-state index in [9.17, 15) is 0 Å². The van der Waals surface area contributed by atoms with Crippen molar-refractivity contribution in [1.82, 2.24) is 4.98 Å². The molecule has 2 heterocycles. The summed E-state index contributed by atoms with van der Waals surface area (Å²) in [6.07, 6.45) is 1.74. The Kier molecular flexibility index (Phi) is 4.22. The molecule has 0 aromatic carbocycles. The van der Waals surface area contributed by atoms with Gasteiger partial charge in [-0.15, -0.1) is 0 Å². The zero-order chi connectivity index (χ0) is 12.4. The van der Waals surface area contributed by atoms with Gasteiger partial charge in [0.2, 0.25) is 0 Å². The predicted molar refractivity (Wildman–Crippen MR) is 78.5 cm³/mol. The summed E-state index contributed by atoms with van der Waals surface area (Å²) in [5.41, 5.74) is 14.5. The lowest BCUT2D eigenvalue weighted by Crippen LogP contribution is -2.35. The van der Waals surface area contributed by atoms with Crippen LogP contribution >= 0.6 is 23.5 Å². The molecule has 17 heavy (non-hydrogen) atoms. The number of pyridine rings is 1. The number of nitrogen functional groups attached to an aromatic ring is 1. The molecular weight excluding hydrogens is 250 g/mol. The van der Waals surface area contributed by atoms with E-state index in [4.69, 9.17) is 11.5 Å². The van der Waals surface area contributed by atoms with Gasteiger partial charge in [0.25, 0.3) is 0 Å². The van der Waals surface area contributed by atoms with Gasteiger partial charge >= 0.3 is 0 Å². The van der Waals surface area contributed by atoms with Crippen molar-refractivity contribution in [2.45, 2.75) is 30.4 Å². The Balaban J connectivity index is 2.26. The maximum absolute atomic E-state index is 6.41. The van der Waals surface area contributed by atoms with Crippen molar-refractivity contribution in [1.29, 1.82) is 0 Å². The summed E-state index contributed by atoms with van der Waals surface area (Å²) >= 11 is 3.96. The van der Waals surface area contributed by atoms with Crippen LogP contribution in [0, 0.1) is 6.92 Å². The fraction of sp³-hybridized carbons (Fsp3) is 0.583. The van der Waals surface area contributed by atoms with E-state index in [-0.39, 0.29) is 6.04 Å². The molecule has 3 nitrogen and oxygen atoms in total. The lowest BCUT2D eigenvalue weighted by atomic mass is 9.99. The highest BCUT2D eigenvalue weighted by molar-refractivity contribution is 8.07. The molecule has 0 saturated carbocycles. The van der Waals surface area contributed by atoms with Crippen LogP contribution < -0.4 is 11.5 Å². The lowest BCUT2D eigenvalue weighted by molar-refractivity contribution is 0.660. The third-order valence-electron chi connectivity index (χ3n) is 3.16. The van der Waals surface area contributed by atoms with E-state index < -0.39 is 0 Å². The Morgan fingerprint density at radius 3 is 2.76 bits per heavy atom. The van der Waals surface area contributed by atoms with Crippen molar-refractivity contribution in [3.8, 4) is 0 Å². The Morgan fingerprint density at radius 1 is 1.41 bits per heavy atom. The van der Waals surface area contributed by atoms with Gasteiger partial charge in [-0.2, -0.15) is 23.5 Å². The first kappa shape index (κ1) is 13.1. The minimum Gasteiger partial charge on any atom is -0.383 e. The lowest BCUT2D eigenvalue weighted by Gasteiger charge is -2.33. The highest BCUT2D eigenvalue weighted by Crippen LogP contribution is 2.39. The van der Waals surface area contributed by atoms with E-state index in [0.717, 1.165) is 11.1 Å². The van der Waals surface area contributed by atoms with Crippen molar-refractivity contribution < 1.29 is 0 Å². The number of rotatable bonds is 2. The first-order valence-corrected chi connectivity index (χ1v) is 7.90. The molecule has 3 atom stereocenters. The molecule has 1 aromatic rings. The second-order valence-corrected chi connectivity index (χ2v) is 7.13. The van der Waals surface area contributed by atoms with E-state index in [2.05, 4.69) is 18.8 Å². The predicted octanol–water partition coefficient (Wildman–Crippen LogP) is 2.21. The topological polar surface area (TPSA) is 64.9 Å². The van der Waals surface area contributed by atoms with Crippen LogP contribution in [0.3, 0.4) is 0 Å². The first-order valence-electron chi connectivity index (χ1n) is 5.81. The average Bonchev–Trinajstić information content (AvgIpc) is 2.29. The van der Waals surface area contributed by atoms with Crippen LogP contribution in [-0.4, -0.2) is 27.0 Å². The smallest absolute Gasteiger partial charge is 0.128 e. The maximum Gasteiger partial charge on any atom is 0.128 e. The van der Waals surface area contributed by atoms with Crippen LogP contribution in [0.25, 0.3) is 0 Å². The standard InChI is InChI=1S/C12H19N3S2/c1-7-3-4-15-12(14)9(7)10(13)11-8(2)16-5-6-17-11/h3-4,8,10-11H,5-6,13H2,1-2H3,(H2,14,15). The van der Waals surface area contributed by atoms with Gasteiger partial charge in [0.15, 0.2) is 0 Å². The van der Waals surface area contributed by atoms with Crippen LogP contribution in [-0.2, 0) is 0 Å². The summed E-state index contributed by atoms with van der Waals surface area (Å²) in [6.45, 7) is 4.31. The number of aromatic nitrogens is 1. The largest absolute Gasteiger partial charge is 0.383 e. The molecule has 2 rings (SSSR count). The molecular formula is C12H19N3S2. The highest BCUT2D eigenvalue weighted by Gasteiger charge is 2.31. The monoisotopic (exact) mass is 269 g/mol. The van der Waals surface area contributed by atoms with Gasteiger partial charge in [0, 0.05) is 39.8 Å². The summed E-state index contributed by atoms with van der Waals surface area (Å²) < 4.78 is 0. The van der Waals surface area contributed by atoms with E-state index in [0.29, 0.717) is 16.3 Å². The third-order valence-corrected chi connectivity index (χ3v) is 6.38. The molecule has 0 amide bonds. The Labute approximate surface area is 111 Å². The molecule has 1 fully saturated rings. The van der Waals surface area contributed by atoms with Crippen molar-refractivity contribution >= 4 is 29.3 Å². The first-order chi connectivity index (χ1) is 8.11. The minimum absolute atomic E-state index is 0.0171. The Bertz CT molecular complexity index is 377. The molecule has 0 spiro atoms. The molecule has 1 aromatic heterocycles. The highest BCUT2D eigenvalue weighted by atomic mass is 32.2. The molecule has 0 aliphatic carbocycles. The summed E-state index contributed by atoms with van der Waals surface area (Å²) in [7, 11) is 0. The van der Waals surface area contributed by atoms with Gasteiger partial charge in [-0.05, 0) is 18.6 Å². The molecule has 94 valence electrons. The molecule has 1 aliphatic rings. The summed E-state index contributed by atoms with van der Waals surface area (Å²) in [6, 6.07) is 1.97. The fourth-order valence-corrected chi connectivity index (χ4v) is 5.09. The molecule has 3 unspecified atom stereocenters. The molecule has 4 N–H and O–H groups in total. The third kappa shape index (κ3) is 2.72. The molecule has 0 bridgehead atoms. The minimum atomic E-state index is -0.0171. The number of aryl methyl sites for hydroxylation is 1. The summed E-state index contributed by atoms with van der Waals surface area (Å²) in [4.78, 5) is 4.16. The van der Waals surface area contributed by atoms with Crippen LogP contribution in [0.2, 0.25) is 0 Å². The maximum atomic E-state index is 6.41. The number of anilines is 1. The van der Waals surface area contributed by atoms with Gasteiger partial charge in [0.05, 0.1) is 0 Å². The van der Waals surface area contributed by atoms with Crippen molar-refractivity contribution in [2.75, 3.05) is 17.2 Å². The number of nitrogens with two attached hydrogens (primary N) is 2. The average molecular weight is 269 g/mol. The second kappa shape index (κ2) is 5.50. The van der Waals surface area contributed by atoms with Crippen molar-refractivity contribution in [3.63, 3.8) is 0 Å². The number of hydrogen-bond acceptors (Lipinski definition) is 5. The Morgan fingerprint density at radius 2 is 2.12 bits per heavy atom. The summed E-state index contributed by atoms with van der Waals surface area (Å²) in [5, 5.41) is 1.00. The van der Waals surface area contributed by atoms with Crippen molar-refractivity contribution in [3.05, 3.63) is 23.4 Å². The van der Waals surface area contributed by atoms with Crippen LogP contribution in [0.4, 0.5) is 5.82 Å². The quantitative estimate of drug-likeness (QED) is 0.862. The fourth-order valence-electron chi connectivity index (χ4n) is 2.23. The number of nitrogens with zero attached hydrogens (tertiary/aromatic N) is 1. The van der Waals surface area contributed by atoms with Crippen molar-refractivity contribution in [2.24, 2.45) is 5.73 Å². The summed E-state index contributed by atoms with van der Waals surface area (Å²) in [5.74, 6) is 2.98. The molecule has 5 heteroatoms. The van der Waals surface area contributed by atoms with Gasteiger partial charge in [-0.1, -0.05) is 6.92 Å². The molecule has 1 aliphatic heterocycles. The van der Waals surface area contributed by atoms with E-state index in [1.54, 1.807) is 6.20 Å². The zero-order valence-corrected chi connectivity index (χ0v) is 11.9. The van der Waals surface area contributed by atoms with E-state index in [1.165, 1.54) is 11.5 Å². The second-order valence-electron chi connectivity index (χ2n) is 4.36. The SMILES string of the molecule is Cc1ccnc(N)c1C(N)C1SCCSC1C. The normalized spacial score (nSPS) is 26.8. The van der Waals surface area contributed by atoms with E-state index >= 15 is 0 Å². The zero-order valence-electron chi connectivity index (χ0n) is 10.2. The van der Waals surface area contributed by atoms with Crippen LogP contribution in [0.1, 0.15) is 24.1 Å². The van der Waals surface area contributed by atoms with Gasteiger partial charge in [-0.3, -0.25) is 0 Å². The van der Waals surface area contributed by atoms with Crippen LogP contribution in [0.5, 0.6) is 0 Å². The van der Waals surface area contributed by atoms with Gasteiger partial charge in [0.1, 0.15) is 5.82 Å². The van der Waals surface area contributed by atoms with Gasteiger partial charge < -0.3 is 11.5 Å². The molecule has 1 saturated heterocycles.